The molecule has 5 rings (SSSR count). The second kappa shape index (κ2) is 9.27. The van der Waals surface area contributed by atoms with Crippen molar-refractivity contribution in [1.82, 2.24) is 9.88 Å². The standard InChI is InChI=1S/C28H24N2O4/c31-24-14-15-30(26(27(24)32)28(33)29-16-19-8-2-1-3-9-19)17-23-21-11-5-4-10-20(21)18-34-25-13-7-6-12-22(23)25/h1-15,23,32H,16-18H2,(H,29,33). The number of nitrogens with zero attached hydrogens (tertiary/aromatic N) is 1. The van der Waals surface area contributed by atoms with Gasteiger partial charge in [-0.1, -0.05) is 72.8 Å². The zero-order valence-corrected chi connectivity index (χ0v) is 18.5. The maximum Gasteiger partial charge on any atom is 0.272 e. The summed E-state index contributed by atoms with van der Waals surface area (Å²) in [5, 5.41) is 13.4. The van der Waals surface area contributed by atoms with Crippen molar-refractivity contribution in [3.63, 3.8) is 0 Å². The monoisotopic (exact) mass is 452 g/mol. The van der Waals surface area contributed by atoms with Gasteiger partial charge in [0.15, 0.2) is 11.4 Å². The fourth-order valence-corrected chi connectivity index (χ4v) is 4.44. The van der Waals surface area contributed by atoms with E-state index in [2.05, 4.69) is 11.4 Å². The number of hydrogen-bond acceptors (Lipinski definition) is 4. The Morgan fingerprint density at radius 1 is 0.941 bits per heavy atom. The molecule has 1 atom stereocenters. The Morgan fingerprint density at radius 3 is 2.47 bits per heavy atom. The number of benzene rings is 3. The highest BCUT2D eigenvalue weighted by Gasteiger charge is 2.27. The molecule has 1 aliphatic heterocycles. The minimum atomic E-state index is -0.592. The van der Waals surface area contributed by atoms with Crippen molar-refractivity contribution in [3.8, 4) is 11.5 Å². The lowest BCUT2D eigenvalue weighted by Gasteiger charge is -2.23. The summed E-state index contributed by atoms with van der Waals surface area (Å²) < 4.78 is 7.72. The number of carbonyl (C=O) groups is 1. The molecular formula is C28H24N2O4. The molecule has 1 aliphatic rings. The number of para-hydroxylation sites is 1. The van der Waals surface area contributed by atoms with Gasteiger partial charge in [0.1, 0.15) is 12.4 Å². The van der Waals surface area contributed by atoms with Crippen molar-refractivity contribution in [2.75, 3.05) is 0 Å². The SMILES string of the molecule is O=C(NCc1ccccc1)c1c(O)c(=O)ccn1CC1c2ccccc2COc2ccccc21. The van der Waals surface area contributed by atoms with Gasteiger partial charge >= 0.3 is 0 Å². The molecule has 0 saturated carbocycles. The lowest BCUT2D eigenvalue weighted by Crippen LogP contribution is -2.29. The van der Waals surface area contributed by atoms with Crippen LogP contribution in [0.1, 0.15) is 38.7 Å². The first-order valence-electron chi connectivity index (χ1n) is 11.2. The van der Waals surface area contributed by atoms with Crippen LogP contribution in [0, 0.1) is 0 Å². The van der Waals surface area contributed by atoms with E-state index in [0.717, 1.165) is 28.0 Å². The predicted octanol–water partition coefficient (Wildman–Crippen LogP) is 4.21. The fourth-order valence-electron chi connectivity index (χ4n) is 4.44. The highest BCUT2D eigenvalue weighted by atomic mass is 16.5. The van der Waals surface area contributed by atoms with Crippen LogP contribution in [0.4, 0.5) is 0 Å². The smallest absolute Gasteiger partial charge is 0.272 e. The van der Waals surface area contributed by atoms with Crippen LogP contribution in [0.5, 0.6) is 11.5 Å². The number of nitrogens with one attached hydrogen (secondary N) is 1. The third kappa shape index (κ3) is 4.18. The molecule has 3 aromatic carbocycles. The molecule has 1 unspecified atom stereocenters. The third-order valence-electron chi connectivity index (χ3n) is 6.15. The van der Waals surface area contributed by atoms with E-state index in [1.54, 1.807) is 10.8 Å². The lowest BCUT2D eigenvalue weighted by molar-refractivity contribution is 0.0936. The van der Waals surface area contributed by atoms with Crippen molar-refractivity contribution in [1.29, 1.82) is 0 Å². The summed E-state index contributed by atoms with van der Waals surface area (Å²) in [6.07, 6.45) is 1.57. The molecule has 0 radical (unpaired) electrons. The molecule has 6 heteroatoms. The van der Waals surface area contributed by atoms with Gasteiger partial charge in [-0.3, -0.25) is 9.59 Å². The zero-order chi connectivity index (χ0) is 23.5. The summed E-state index contributed by atoms with van der Waals surface area (Å²) in [6, 6.07) is 26.7. The maximum atomic E-state index is 13.2. The molecule has 170 valence electrons. The van der Waals surface area contributed by atoms with Gasteiger partial charge in [0.05, 0.1) is 0 Å². The van der Waals surface area contributed by atoms with Crippen LogP contribution >= 0.6 is 0 Å². The highest BCUT2D eigenvalue weighted by molar-refractivity contribution is 5.95. The number of rotatable bonds is 5. The fraction of sp³-hybridized carbons (Fsp3) is 0.143. The molecule has 1 amide bonds. The first-order chi connectivity index (χ1) is 16.6. The van der Waals surface area contributed by atoms with E-state index in [4.69, 9.17) is 4.74 Å². The molecule has 0 bridgehead atoms. The number of fused-ring (bicyclic) bond motifs is 2. The van der Waals surface area contributed by atoms with Crippen molar-refractivity contribution in [3.05, 3.63) is 129 Å². The van der Waals surface area contributed by atoms with Gasteiger partial charge in [-0.05, 0) is 22.8 Å². The van der Waals surface area contributed by atoms with Crippen LogP contribution < -0.4 is 15.5 Å². The number of ether oxygens (including phenoxy) is 1. The van der Waals surface area contributed by atoms with Gasteiger partial charge in [-0.25, -0.2) is 0 Å². The summed E-state index contributed by atoms with van der Waals surface area (Å²) >= 11 is 0. The second-order valence-electron chi connectivity index (χ2n) is 8.28. The van der Waals surface area contributed by atoms with Crippen LogP contribution in [0.2, 0.25) is 0 Å². The summed E-state index contributed by atoms with van der Waals surface area (Å²) in [7, 11) is 0. The largest absolute Gasteiger partial charge is 0.503 e. The molecule has 1 aromatic heterocycles. The molecule has 2 N–H and O–H groups in total. The van der Waals surface area contributed by atoms with E-state index in [0.29, 0.717) is 13.2 Å². The topological polar surface area (TPSA) is 80.6 Å². The second-order valence-corrected chi connectivity index (χ2v) is 8.28. The Hall–Kier alpha value is -4.32. The summed E-state index contributed by atoms with van der Waals surface area (Å²) in [4.78, 5) is 25.4. The van der Waals surface area contributed by atoms with Crippen LogP contribution in [0.25, 0.3) is 0 Å². The van der Waals surface area contributed by atoms with Crippen molar-refractivity contribution >= 4 is 5.91 Å². The van der Waals surface area contributed by atoms with E-state index in [-0.39, 0.29) is 18.2 Å². The van der Waals surface area contributed by atoms with Gasteiger partial charge in [0, 0.05) is 36.8 Å². The first kappa shape index (κ1) is 21.5. The van der Waals surface area contributed by atoms with Gasteiger partial charge in [0.2, 0.25) is 5.43 Å². The van der Waals surface area contributed by atoms with Crippen molar-refractivity contribution in [2.24, 2.45) is 0 Å². The number of pyridine rings is 1. The van der Waals surface area contributed by atoms with Crippen LogP contribution in [-0.4, -0.2) is 15.6 Å². The molecule has 0 fully saturated rings. The minimum absolute atomic E-state index is 0.0523. The molecule has 34 heavy (non-hydrogen) atoms. The third-order valence-corrected chi connectivity index (χ3v) is 6.15. The quantitative estimate of drug-likeness (QED) is 0.475. The van der Waals surface area contributed by atoms with Gasteiger partial charge in [-0.15, -0.1) is 0 Å². The maximum absolute atomic E-state index is 13.2. The minimum Gasteiger partial charge on any atom is -0.503 e. The van der Waals surface area contributed by atoms with Crippen molar-refractivity contribution in [2.45, 2.75) is 25.6 Å². The molecule has 4 aromatic rings. The number of aromatic nitrogens is 1. The summed E-state index contributed by atoms with van der Waals surface area (Å²) in [5.41, 5.74) is 3.41. The van der Waals surface area contributed by atoms with E-state index >= 15 is 0 Å². The Labute approximate surface area is 197 Å². The summed E-state index contributed by atoms with van der Waals surface area (Å²) in [6.45, 7) is 1.08. The Morgan fingerprint density at radius 2 is 1.65 bits per heavy atom. The molecule has 2 heterocycles. The van der Waals surface area contributed by atoms with E-state index in [1.807, 2.05) is 72.8 Å². The van der Waals surface area contributed by atoms with E-state index in [9.17, 15) is 14.7 Å². The van der Waals surface area contributed by atoms with Gasteiger partial charge in [-0.2, -0.15) is 0 Å². The highest BCUT2D eigenvalue weighted by Crippen LogP contribution is 2.38. The number of carbonyl (C=O) groups excluding carboxylic acids is 1. The van der Waals surface area contributed by atoms with Crippen molar-refractivity contribution < 1.29 is 14.6 Å². The average molecular weight is 453 g/mol. The molecule has 0 aliphatic carbocycles. The Kier molecular flexibility index (Phi) is 5.87. The predicted molar refractivity (Wildman–Crippen MR) is 129 cm³/mol. The van der Waals surface area contributed by atoms with Crippen LogP contribution in [0.3, 0.4) is 0 Å². The summed E-state index contributed by atoms with van der Waals surface area (Å²) in [5.74, 6) is -0.425. The van der Waals surface area contributed by atoms with Crippen LogP contribution in [0.15, 0.2) is 95.9 Å². The number of aromatic hydroxyl groups is 1. The first-order valence-corrected chi connectivity index (χ1v) is 11.2. The van der Waals surface area contributed by atoms with E-state index < -0.39 is 17.1 Å². The van der Waals surface area contributed by atoms with Gasteiger partial charge < -0.3 is 19.7 Å². The lowest BCUT2D eigenvalue weighted by atomic mass is 9.88. The average Bonchev–Trinajstić information content (AvgIpc) is 3.03. The Balaban J connectivity index is 1.54. The Bertz CT molecular complexity index is 1350. The number of hydrogen-bond donors (Lipinski definition) is 2. The van der Waals surface area contributed by atoms with Crippen LogP contribution in [-0.2, 0) is 19.7 Å². The molecular weight excluding hydrogens is 428 g/mol. The molecule has 6 nitrogen and oxygen atoms in total. The number of amides is 1. The molecule has 0 spiro atoms. The molecule has 0 saturated heterocycles. The van der Waals surface area contributed by atoms with E-state index in [1.165, 1.54) is 6.07 Å². The normalized spacial score (nSPS) is 14.3. The van der Waals surface area contributed by atoms with Gasteiger partial charge in [0.25, 0.3) is 5.91 Å². The zero-order valence-electron chi connectivity index (χ0n) is 18.5.